The molecule has 1 fully saturated rings. The molecule has 1 aromatic carbocycles. The van der Waals surface area contributed by atoms with Crippen molar-refractivity contribution in [3.63, 3.8) is 0 Å². The highest BCUT2D eigenvalue weighted by Gasteiger charge is 2.48. The number of carbonyl (C=O) groups is 1. The maximum absolute atomic E-state index is 11.7. The second-order valence-electron chi connectivity index (χ2n) is 4.59. The number of hydrogen-bond donors (Lipinski definition) is 1. The molecule has 0 bridgehead atoms. The van der Waals surface area contributed by atoms with Crippen LogP contribution in [0.15, 0.2) is 30.3 Å². The number of methoxy groups -OCH3 is 1. The lowest BCUT2D eigenvalue weighted by atomic mass is 9.80. The zero-order chi connectivity index (χ0) is 12.3. The minimum Gasteiger partial charge on any atom is -0.479 e. The first-order valence-electron chi connectivity index (χ1n) is 6.06. The molecule has 3 heteroatoms. The first-order valence-corrected chi connectivity index (χ1v) is 6.06. The molecule has 1 aliphatic carbocycles. The number of benzene rings is 1. The Morgan fingerprint density at radius 2 is 1.88 bits per heavy atom. The number of carboxylic acids is 1. The fourth-order valence-corrected chi connectivity index (χ4v) is 2.92. The molecule has 1 atom stereocenters. The maximum atomic E-state index is 11.7. The van der Waals surface area contributed by atoms with Crippen LogP contribution >= 0.6 is 0 Å². The van der Waals surface area contributed by atoms with Gasteiger partial charge in [-0.25, -0.2) is 4.79 Å². The molecule has 0 radical (unpaired) electrons. The van der Waals surface area contributed by atoms with Gasteiger partial charge in [-0.05, 0) is 18.4 Å². The Hall–Kier alpha value is -1.35. The van der Waals surface area contributed by atoms with Crippen LogP contribution in [-0.4, -0.2) is 18.2 Å². The summed E-state index contributed by atoms with van der Waals surface area (Å²) in [7, 11) is 1.50. The van der Waals surface area contributed by atoms with Crippen LogP contribution in [0, 0.1) is 5.92 Å². The summed E-state index contributed by atoms with van der Waals surface area (Å²) >= 11 is 0. The highest BCUT2D eigenvalue weighted by atomic mass is 16.5. The van der Waals surface area contributed by atoms with E-state index < -0.39 is 11.6 Å². The standard InChI is InChI=1S/C14H18O3/c1-17-14(13(15)16,12-9-5-6-10-12)11-7-3-2-4-8-11/h2-4,7-8,12H,5-6,9-10H2,1H3,(H,15,16)/t14-/m1/s1. The van der Waals surface area contributed by atoms with E-state index in [1.165, 1.54) is 7.11 Å². The van der Waals surface area contributed by atoms with Crippen molar-refractivity contribution in [1.82, 2.24) is 0 Å². The number of carboxylic acid groups (broad SMARTS) is 1. The van der Waals surface area contributed by atoms with Gasteiger partial charge in [0.2, 0.25) is 0 Å². The monoisotopic (exact) mass is 234 g/mol. The fourth-order valence-electron chi connectivity index (χ4n) is 2.92. The summed E-state index contributed by atoms with van der Waals surface area (Å²) in [6.45, 7) is 0. The Morgan fingerprint density at radius 1 is 1.29 bits per heavy atom. The average molecular weight is 234 g/mol. The smallest absolute Gasteiger partial charge is 0.340 e. The molecule has 1 aliphatic rings. The van der Waals surface area contributed by atoms with Gasteiger partial charge in [0.05, 0.1) is 0 Å². The van der Waals surface area contributed by atoms with Gasteiger partial charge in [-0.1, -0.05) is 43.2 Å². The van der Waals surface area contributed by atoms with Crippen molar-refractivity contribution in [2.45, 2.75) is 31.3 Å². The Bertz CT molecular complexity index is 382. The first-order chi connectivity index (χ1) is 8.21. The molecule has 1 N–H and O–H groups in total. The van der Waals surface area contributed by atoms with Crippen molar-refractivity contribution in [2.24, 2.45) is 5.92 Å². The van der Waals surface area contributed by atoms with Crippen LogP contribution in [0.5, 0.6) is 0 Å². The molecule has 0 amide bonds. The molecular formula is C14H18O3. The molecule has 3 nitrogen and oxygen atoms in total. The Kier molecular flexibility index (Phi) is 3.48. The summed E-state index contributed by atoms with van der Waals surface area (Å²) in [6.07, 6.45) is 4.04. The van der Waals surface area contributed by atoms with E-state index in [0.717, 1.165) is 31.2 Å². The Labute approximate surface area is 101 Å². The molecule has 92 valence electrons. The van der Waals surface area contributed by atoms with Crippen LogP contribution in [0.25, 0.3) is 0 Å². The van der Waals surface area contributed by atoms with Crippen LogP contribution in [0.2, 0.25) is 0 Å². The second-order valence-corrected chi connectivity index (χ2v) is 4.59. The zero-order valence-corrected chi connectivity index (χ0v) is 10.1. The topological polar surface area (TPSA) is 46.5 Å². The molecule has 0 saturated heterocycles. The van der Waals surface area contributed by atoms with E-state index >= 15 is 0 Å². The molecule has 1 aromatic rings. The number of hydrogen-bond acceptors (Lipinski definition) is 2. The van der Waals surface area contributed by atoms with Crippen molar-refractivity contribution < 1.29 is 14.6 Å². The minimum absolute atomic E-state index is 0.0763. The van der Waals surface area contributed by atoms with E-state index in [0.29, 0.717) is 0 Å². The van der Waals surface area contributed by atoms with E-state index in [2.05, 4.69) is 0 Å². The van der Waals surface area contributed by atoms with E-state index in [1.54, 1.807) is 0 Å². The van der Waals surface area contributed by atoms with E-state index in [-0.39, 0.29) is 5.92 Å². The van der Waals surface area contributed by atoms with Gasteiger partial charge in [0.1, 0.15) is 0 Å². The summed E-state index contributed by atoms with van der Waals surface area (Å²) in [4.78, 5) is 11.7. The Morgan fingerprint density at radius 3 is 2.35 bits per heavy atom. The third-order valence-electron chi connectivity index (χ3n) is 3.77. The summed E-state index contributed by atoms with van der Waals surface area (Å²) in [6, 6.07) is 9.30. The van der Waals surface area contributed by atoms with Crippen molar-refractivity contribution in [3.05, 3.63) is 35.9 Å². The SMILES string of the molecule is CO[C@](C(=O)O)(c1ccccc1)C1CCCC1. The predicted molar refractivity (Wildman–Crippen MR) is 64.7 cm³/mol. The highest BCUT2D eigenvalue weighted by molar-refractivity contribution is 5.80. The Balaban J connectivity index is 2.45. The predicted octanol–water partition coefficient (Wildman–Crippen LogP) is 2.80. The summed E-state index contributed by atoms with van der Waals surface area (Å²) in [5.74, 6) is -0.800. The van der Waals surface area contributed by atoms with Gasteiger partial charge in [0, 0.05) is 13.0 Å². The summed E-state index contributed by atoms with van der Waals surface area (Å²) < 4.78 is 5.47. The summed E-state index contributed by atoms with van der Waals surface area (Å²) in [5.41, 5.74) is -0.417. The number of aliphatic carboxylic acids is 1. The largest absolute Gasteiger partial charge is 0.479 e. The lowest BCUT2D eigenvalue weighted by Crippen LogP contribution is -2.44. The van der Waals surface area contributed by atoms with Crippen molar-refractivity contribution >= 4 is 5.97 Å². The van der Waals surface area contributed by atoms with Gasteiger partial charge < -0.3 is 9.84 Å². The molecule has 0 unspecified atom stereocenters. The minimum atomic E-state index is -1.17. The molecule has 0 aliphatic heterocycles. The van der Waals surface area contributed by atoms with Gasteiger partial charge in [-0.2, -0.15) is 0 Å². The second kappa shape index (κ2) is 4.88. The van der Waals surface area contributed by atoms with Gasteiger partial charge in [0.15, 0.2) is 5.60 Å². The average Bonchev–Trinajstić information content (AvgIpc) is 2.86. The van der Waals surface area contributed by atoms with Gasteiger partial charge in [0.25, 0.3) is 0 Å². The normalized spacial score (nSPS) is 20.1. The lowest BCUT2D eigenvalue weighted by molar-refractivity contribution is -0.172. The van der Waals surface area contributed by atoms with Crippen LogP contribution in [0.1, 0.15) is 31.2 Å². The first kappa shape index (κ1) is 12.1. The van der Waals surface area contributed by atoms with Gasteiger partial charge >= 0.3 is 5.97 Å². The van der Waals surface area contributed by atoms with Crippen LogP contribution in [0.4, 0.5) is 0 Å². The molecule has 0 aromatic heterocycles. The third-order valence-corrected chi connectivity index (χ3v) is 3.77. The van der Waals surface area contributed by atoms with Crippen LogP contribution in [-0.2, 0) is 15.1 Å². The summed E-state index contributed by atoms with van der Waals surface area (Å²) in [5, 5.41) is 9.61. The molecule has 17 heavy (non-hydrogen) atoms. The van der Waals surface area contributed by atoms with Crippen LogP contribution in [0.3, 0.4) is 0 Å². The van der Waals surface area contributed by atoms with Gasteiger partial charge in [-0.15, -0.1) is 0 Å². The molecule has 0 heterocycles. The van der Waals surface area contributed by atoms with E-state index in [4.69, 9.17) is 4.74 Å². The van der Waals surface area contributed by atoms with Gasteiger partial charge in [-0.3, -0.25) is 0 Å². The fraction of sp³-hybridized carbons (Fsp3) is 0.500. The zero-order valence-electron chi connectivity index (χ0n) is 10.1. The maximum Gasteiger partial charge on any atom is 0.340 e. The van der Waals surface area contributed by atoms with Crippen molar-refractivity contribution in [3.8, 4) is 0 Å². The molecular weight excluding hydrogens is 216 g/mol. The van der Waals surface area contributed by atoms with Crippen molar-refractivity contribution in [2.75, 3.05) is 7.11 Å². The van der Waals surface area contributed by atoms with Crippen LogP contribution < -0.4 is 0 Å². The number of ether oxygens (including phenoxy) is 1. The highest BCUT2D eigenvalue weighted by Crippen LogP contribution is 2.43. The number of rotatable bonds is 4. The molecule has 1 saturated carbocycles. The lowest BCUT2D eigenvalue weighted by Gasteiger charge is -2.34. The van der Waals surface area contributed by atoms with E-state index in [9.17, 15) is 9.90 Å². The third kappa shape index (κ3) is 1.95. The molecule has 0 spiro atoms. The molecule has 2 rings (SSSR count). The quantitative estimate of drug-likeness (QED) is 0.871. The van der Waals surface area contributed by atoms with E-state index in [1.807, 2.05) is 30.3 Å². The van der Waals surface area contributed by atoms with Crippen molar-refractivity contribution in [1.29, 1.82) is 0 Å².